The Morgan fingerprint density at radius 1 is 1.11 bits per heavy atom. The minimum absolute atomic E-state index is 0.238. The van der Waals surface area contributed by atoms with Gasteiger partial charge >= 0.3 is 0 Å². The van der Waals surface area contributed by atoms with Gasteiger partial charge in [-0.05, 0) is 37.1 Å². The second-order valence-corrected chi connectivity index (χ2v) is 6.84. The summed E-state index contributed by atoms with van der Waals surface area (Å²) in [5, 5.41) is 16.9. The van der Waals surface area contributed by atoms with Crippen molar-refractivity contribution >= 4 is 16.7 Å². The van der Waals surface area contributed by atoms with Crippen LogP contribution in [-0.4, -0.2) is 47.0 Å². The molecule has 3 N–H and O–H groups in total. The summed E-state index contributed by atoms with van der Waals surface area (Å²) in [5.74, 6) is 0.739. The highest BCUT2D eigenvalue weighted by atomic mass is 16.5. The predicted molar refractivity (Wildman–Crippen MR) is 109 cm³/mol. The molecule has 3 rings (SSSR count). The molecule has 2 aromatic carbocycles. The first kappa shape index (κ1) is 19.2. The fourth-order valence-electron chi connectivity index (χ4n) is 3.18. The lowest BCUT2D eigenvalue weighted by Gasteiger charge is -2.15. The van der Waals surface area contributed by atoms with E-state index >= 15 is 0 Å². The first-order valence-corrected chi connectivity index (χ1v) is 9.28. The van der Waals surface area contributed by atoms with Crippen molar-refractivity contribution in [1.29, 1.82) is 0 Å². The van der Waals surface area contributed by atoms with Gasteiger partial charge in [0.05, 0.1) is 11.8 Å². The molecule has 0 saturated heterocycles. The van der Waals surface area contributed by atoms with Gasteiger partial charge in [-0.1, -0.05) is 24.3 Å². The number of imidazole rings is 1. The lowest BCUT2D eigenvalue weighted by atomic mass is 10.1. The number of aromatic nitrogens is 2. The number of ether oxygens (including phenoxy) is 1. The molecule has 3 aromatic rings. The molecule has 0 radical (unpaired) electrons. The van der Waals surface area contributed by atoms with Crippen molar-refractivity contribution in [2.45, 2.75) is 20.0 Å². The second kappa shape index (κ2) is 8.88. The van der Waals surface area contributed by atoms with E-state index < -0.39 is 6.10 Å². The highest BCUT2D eigenvalue weighted by Crippen LogP contribution is 2.24. The van der Waals surface area contributed by atoms with Gasteiger partial charge in [0.15, 0.2) is 0 Å². The van der Waals surface area contributed by atoms with E-state index in [1.165, 1.54) is 16.8 Å². The molecule has 6 nitrogen and oxygen atoms in total. The summed E-state index contributed by atoms with van der Waals surface area (Å²) < 4.78 is 7.74. The first-order valence-electron chi connectivity index (χ1n) is 9.28. The molecule has 6 heteroatoms. The van der Waals surface area contributed by atoms with Crippen LogP contribution in [0.25, 0.3) is 11.0 Å². The normalized spacial score (nSPS) is 12.3. The number of nitrogens with zero attached hydrogens (tertiary/aromatic N) is 2. The van der Waals surface area contributed by atoms with Gasteiger partial charge in [-0.25, -0.2) is 4.98 Å². The molecule has 0 fully saturated rings. The summed E-state index contributed by atoms with van der Waals surface area (Å²) in [4.78, 5) is 4.31. The predicted octanol–water partition coefficient (Wildman–Crippen LogP) is 2.63. The Kier molecular flexibility index (Phi) is 6.32. The van der Waals surface area contributed by atoms with Crippen molar-refractivity contribution in [3.05, 3.63) is 53.9 Å². The minimum Gasteiger partial charge on any atom is -0.489 e. The molecular weight excluding hydrogens is 340 g/mol. The molecule has 1 atom stereocenters. The van der Waals surface area contributed by atoms with Gasteiger partial charge in [-0.3, -0.25) is 0 Å². The van der Waals surface area contributed by atoms with Crippen LogP contribution in [0, 0.1) is 13.8 Å². The van der Waals surface area contributed by atoms with E-state index in [0.29, 0.717) is 6.54 Å². The lowest BCUT2D eigenvalue weighted by Crippen LogP contribution is -2.34. The molecule has 0 aliphatic rings. The molecule has 0 bridgehead atoms. The number of rotatable bonds is 9. The average Bonchev–Trinajstić information content (AvgIpc) is 3.03. The maximum atomic E-state index is 10.2. The van der Waals surface area contributed by atoms with Crippen LogP contribution in [0.5, 0.6) is 5.75 Å². The van der Waals surface area contributed by atoms with Crippen LogP contribution in [0.1, 0.15) is 11.1 Å². The van der Waals surface area contributed by atoms with Crippen molar-refractivity contribution in [3.63, 3.8) is 0 Å². The maximum Gasteiger partial charge on any atom is 0.145 e. The first-order chi connectivity index (χ1) is 13.1. The minimum atomic E-state index is -0.575. The molecule has 1 aromatic heterocycles. The Morgan fingerprint density at radius 2 is 1.85 bits per heavy atom. The van der Waals surface area contributed by atoms with E-state index in [4.69, 9.17) is 4.74 Å². The summed E-state index contributed by atoms with van der Waals surface area (Å²) in [7, 11) is 1.93. The fourth-order valence-corrected chi connectivity index (χ4v) is 3.18. The van der Waals surface area contributed by atoms with Gasteiger partial charge in [0.25, 0.3) is 0 Å². The smallest absolute Gasteiger partial charge is 0.145 e. The third kappa shape index (κ3) is 4.78. The quantitative estimate of drug-likeness (QED) is 0.507. The average molecular weight is 368 g/mol. The van der Waals surface area contributed by atoms with Crippen molar-refractivity contribution in [3.8, 4) is 5.75 Å². The molecule has 0 aliphatic carbocycles. The number of aryl methyl sites for hydroxylation is 3. The molecule has 27 heavy (non-hydrogen) atoms. The van der Waals surface area contributed by atoms with E-state index in [2.05, 4.69) is 47.7 Å². The van der Waals surface area contributed by atoms with E-state index in [1.54, 1.807) is 6.33 Å². The largest absolute Gasteiger partial charge is 0.489 e. The van der Waals surface area contributed by atoms with Crippen LogP contribution in [0.15, 0.2) is 42.7 Å². The third-order valence-corrected chi connectivity index (χ3v) is 4.60. The van der Waals surface area contributed by atoms with E-state index in [1.807, 2.05) is 29.8 Å². The van der Waals surface area contributed by atoms with Gasteiger partial charge < -0.3 is 25.0 Å². The van der Waals surface area contributed by atoms with Crippen molar-refractivity contribution < 1.29 is 9.84 Å². The van der Waals surface area contributed by atoms with E-state index in [0.717, 1.165) is 29.9 Å². The molecule has 1 heterocycles. The Labute approximate surface area is 160 Å². The second-order valence-electron chi connectivity index (χ2n) is 6.84. The van der Waals surface area contributed by atoms with E-state index in [9.17, 15) is 5.11 Å². The van der Waals surface area contributed by atoms with Gasteiger partial charge in [-0.2, -0.15) is 0 Å². The zero-order chi connectivity index (χ0) is 19.2. The summed E-state index contributed by atoms with van der Waals surface area (Å²) in [6, 6.07) is 12.0. The van der Waals surface area contributed by atoms with Crippen LogP contribution in [0.2, 0.25) is 0 Å². The highest BCUT2D eigenvalue weighted by Gasteiger charge is 2.10. The molecule has 1 unspecified atom stereocenters. The summed E-state index contributed by atoms with van der Waals surface area (Å²) in [6.45, 7) is 6.49. The Morgan fingerprint density at radius 3 is 2.63 bits per heavy atom. The molecule has 144 valence electrons. The van der Waals surface area contributed by atoms with Crippen LogP contribution in [0.3, 0.4) is 0 Å². The fraction of sp³-hybridized carbons (Fsp3) is 0.381. The van der Waals surface area contributed by atoms with E-state index in [-0.39, 0.29) is 6.61 Å². The molecular formula is C21H28N4O2. The molecule has 0 spiro atoms. The van der Waals surface area contributed by atoms with Crippen molar-refractivity contribution in [2.24, 2.45) is 7.05 Å². The number of aliphatic hydroxyl groups is 1. The number of anilines is 1. The number of para-hydroxylation sites is 2. The zero-order valence-corrected chi connectivity index (χ0v) is 16.2. The van der Waals surface area contributed by atoms with Crippen LogP contribution in [-0.2, 0) is 7.05 Å². The maximum absolute atomic E-state index is 10.2. The number of hydrogen-bond acceptors (Lipinski definition) is 5. The lowest BCUT2D eigenvalue weighted by molar-refractivity contribution is 0.107. The number of aliphatic hydroxyl groups excluding tert-OH is 1. The van der Waals surface area contributed by atoms with Crippen LogP contribution < -0.4 is 15.4 Å². The van der Waals surface area contributed by atoms with Gasteiger partial charge in [0.1, 0.15) is 24.0 Å². The number of hydrogen-bond donors (Lipinski definition) is 3. The van der Waals surface area contributed by atoms with Crippen molar-refractivity contribution in [2.75, 3.05) is 31.6 Å². The van der Waals surface area contributed by atoms with Gasteiger partial charge in [0, 0.05) is 32.4 Å². The number of benzene rings is 2. The van der Waals surface area contributed by atoms with Gasteiger partial charge in [0.2, 0.25) is 0 Å². The van der Waals surface area contributed by atoms with Gasteiger partial charge in [-0.15, -0.1) is 0 Å². The zero-order valence-electron chi connectivity index (χ0n) is 16.2. The topological polar surface area (TPSA) is 71.3 Å². The standard InChI is InChI=1S/C21H28N4O2/c1-15-6-4-7-16(2)20(15)23-11-10-22-12-17(26)13-27-19-9-5-8-18-21(19)25(3)14-24-18/h4-9,14,17,22-23,26H,10-13H2,1-3H3. The number of fused-ring (bicyclic) bond motifs is 1. The number of nitrogens with one attached hydrogen (secondary N) is 2. The third-order valence-electron chi connectivity index (χ3n) is 4.60. The Balaban J connectivity index is 1.40. The Bertz CT molecular complexity index is 871. The van der Waals surface area contributed by atoms with Crippen LogP contribution in [0.4, 0.5) is 5.69 Å². The summed E-state index contributed by atoms with van der Waals surface area (Å²) in [5.41, 5.74) is 5.50. The Hall–Kier alpha value is -2.57. The molecule has 0 saturated carbocycles. The SMILES string of the molecule is Cc1cccc(C)c1NCCNCC(O)COc1cccc2ncn(C)c12. The molecule has 0 amide bonds. The summed E-state index contributed by atoms with van der Waals surface area (Å²) >= 11 is 0. The monoisotopic (exact) mass is 368 g/mol. The highest BCUT2D eigenvalue weighted by molar-refractivity contribution is 5.81. The van der Waals surface area contributed by atoms with Crippen LogP contribution >= 0.6 is 0 Å². The van der Waals surface area contributed by atoms with Crippen molar-refractivity contribution in [1.82, 2.24) is 14.9 Å². The summed E-state index contributed by atoms with van der Waals surface area (Å²) in [6.07, 6.45) is 1.19. The molecule has 0 aliphatic heterocycles.